The van der Waals surface area contributed by atoms with Crippen molar-refractivity contribution in [2.24, 2.45) is 0 Å². The van der Waals surface area contributed by atoms with Crippen LogP contribution in [0.4, 0.5) is 0 Å². The highest BCUT2D eigenvalue weighted by molar-refractivity contribution is 9.10. The second-order valence-corrected chi connectivity index (χ2v) is 5.59. The molecule has 1 unspecified atom stereocenters. The van der Waals surface area contributed by atoms with E-state index in [1.807, 2.05) is 30.3 Å². The molecule has 20 heavy (non-hydrogen) atoms. The van der Waals surface area contributed by atoms with Crippen molar-refractivity contribution in [2.75, 3.05) is 6.54 Å². The van der Waals surface area contributed by atoms with Crippen LogP contribution in [-0.2, 0) is 6.61 Å². The Kier molecular flexibility index (Phi) is 5.62. The average Bonchev–Trinajstić information content (AvgIpc) is 2.46. The Morgan fingerprint density at radius 3 is 2.55 bits per heavy atom. The Morgan fingerprint density at radius 1 is 1.15 bits per heavy atom. The van der Waals surface area contributed by atoms with Gasteiger partial charge in [-0.05, 0) is 36.7 Å². The fraction of sp³-hybridized carbons (Fsp3) is 0.294. The quantitative estimate of drug-likeness (QED) is 0.827. The predicted molar refractivity (Wildman–Crippen MR) is 87.0 cm³/mol. The van der Waals surface area contributed by atoms with Gasteiger partial charge in [0.1, 0.15) is 12.4 Å². The SMILES string of the molecule is CCNC(C)c1ccc(OCc2ccccc2)cc1Br. The van der Waals surface area contributed by atoms with Gasteiger partial charge < -0.3 is 10.1 Å². The van der Waals surface area contributed by atoms with Crippen LogP contribution in [-0.4, -0.2) is 6.54 Å². The fourth-order valence-electron chi connectivity index (χ4n) is 2.11. The van der Waals surface area contributed by atoms with E-state index in [9.17, 15) is 0 Å². The second kappa shape index (κ2) is 7.46. The van der Waals surface area contributed by atoms with Gasteiger partial charge in [-0.2, -0.15) is 0 Å². The van der Waals surface area contributed by atoms with E-state index in [1.165, 1.54) is 11.1 Å². The predicted octanol–water partition coefficient (Wildman–Crippen LogP) is 4.70. The van der Waals surface area contributed by atoms with Crippen LogP contribution < -0.4 is 10.1 Å². The highest BCUT2D eigenvalue weighted by Crippen LogP contribution is 2.28. The number of benzene rings is 2. The lowest BCUT2D eigenvalue weighted by atomic mass is 10.1. The van der Waals surface area contributed by atoms with E-state index in [2.05, 4.69) is 53.3 Å². The van der Waals surface area contributed by atoms with Crippen molar-refractivity contribution in [3.63, 3.8) is 0 Å². The Morgan fingerprint density at radius 2 is 1.90 bits per heavy atom. The van der Waals surface area contributed by atoms with Crippen molar-refractivity contribution >= 4 is 15.9 Å². The van der Waals surface area contributed by atoms with E-state index in [0.717, 1.165) is 16.8 Å². The molecule has 0 fully saturated rings. The van der Waals surface area contributed by atoms with Crippen LogP contribution >= 0.6 is 15.9 Å². The summed E-state index contributed by atoms with van der Waals surface area (Å²) in [5, 5.41) is 3.41. The molecule has 2 rings (SSSR count). The Balaban J connectivity index is 2.02. The Hall–Kier alpha value is -1.32. The van der Waals surface area contributed by atoms with Gasteiger partial charge in [0, 0.05) is 10.5 Å². The number of hydrogen-bond donors (Lipinski definition) is 1. The van der Waals surface area contributed by atoms with Crippen LogP contribution in [0.5, 0.6) is 5.75 Å². The van der Waals surface area contributed by atoms with E-state index >= 15 is 0 Å². The van der Waals surface area contributed by atoms with Crippen molar-refractivity contribution in [1.29, 1.82) is 0 Å². The molecule has 0 saturated heterocycles. The van der Waals surface area contributed by atoms with Gasteiger partial charge >= 0.3 is 0 Å². The number of hydrogen-bond acceptors (Lipinski definition) is 2. The van der Waals surface area contributed by atoms with Crippen LogP contribution in [0.25, 0.3) is 0 Å². The summed E-state index contributed by atoms with van der Waals surface area (Å²) in [6.45, 7) is 5.82. The fourth-order valence-corrected chi connectivity index (χ4v) is 2.81. The molecule has 0 aliphatic heterocycles. The lowest BCUT2D eigenvalue weighted by Gasteiger charge is -2.15. The summed E-state index contributed by atoms with van der Waals surface area (Å²) in [4.78, 5) is 0. The van der Waals surface area contributed by atoms with Crippen molar-refractivity contribution < 1.29 is 4.74 Å². The van der Waals surface area contributed by atoms with Gasteiger partial charge in [-0.3, -0.25) is 0 Å². The first-order valence-electron chi connectivity index (χ1n) is 6.90. The molecule has 2 nitrogen and oxygen atoms in total. The average molecular weight is 334 g/mol. The molecule has 1 atom stereocenters. The van der Waals surface area contributed by atoms with Crippen molar-refractivity contribution in [3.8, 4) is 5.75 Å². The topological polar surface area (TPSA) is 21.3 Å². The molecule has 2 aromatic rings. The largest absolute Gasteiger partial charge is 0.489 e. The summed E-state index contributed by atoms with van der Waals surface area (Å²) in [5.74, 6) is 0.883. The molecule has 0 aromatic heterocycles. The third-order valence-electron chi connectivity index (χ3n) is 3.20. The van der Waals surface area contributed by atoms with Gasteiger partial charge in [0.2, 0.25) is 0 Å². The normalized spacial score (nSPS) is 12.2. The lowest BCUT2D eigenvalue weighted by molar-refractivity contribution is 0.306. The molecule has 0 bridgehead atoms. The number of halogens is 1. The maximum absolute atomic E-state index is 5.82. The lowest BCUT2D eigenvalue weighted by Crippen LogP contribution is -2.18. The minimum absolute atomic E-state index is 0.331. The van der Waals surface area contributed by atoms with E-state index in [-0.39, 0.29) is 0 Å². The van der Waals surface area contributed by atoms with E-state index in [0.29, 0.717) is 12.6 Å². The van der Waals surface area contributed by atoms with Crippen molar-refractivity contribution in [3.05, 3.63) is 64.1 Å². The number of nitrogens with one attached hydrogen (secondary N) is 1. The highest BCUT2D eigenvalue weighted by Gasteiger charge is 2.09. The van der Waals surface area contributed by atoms with Gasteiger partial charge in [0.15, 0.2) is 0 Å². The summed E-state index contributed by atoms with van der Waals surface area (Å²) in [6.07, 6.45) is 0. The van der Waals surface area contributed by atoms with Crippen molar-refractivity contribution in [1.82, 2.24) is 5.32 Å². The zero-order valence-corrected chi connectivity index (χ0v) is 13.5. The molecule has 3 heteroatoms. The highest BCUT2D eigenvalue weighted by atomic mass is 79.9. The van der Waals surface area contributed by atoms with E-state index in [1.54, 1.807) is 0 Å². The smallest absolute Gasteiger partial charge is 0.120 e. The summed E-state index contributed by atoms with van der Waals surface area (Å²) in [7, 11) is 0. The molecule has 0 heterocycles. The molecule has 0 aliphatic rings. The molecular formula is C17H20BrNO. The van der Waals surface area contributed by atoms with E-state index < -0.39 is 0 Å². The van der Waals surface area contributed by atoms with Crippen LogP contribution in [0.15, 0.2) is 53.0 Å². The van der Waals surface area contributed by atoms with Gasteiger partial charge in [-0.25, -0.2) is 0 Å². The Labute approximate surface area is 129 Å². The van der Waals surface area contributed by atoms with E-state index in [4.69, 9.17) is 4.74 Å². The van der Waals surface area contributed by atoms with Crippen LogP contribution in [0.3, 0.4) is 0 Å². The van der Waals surface area contributed by atoms with Gasteiger partial charge in [0.05, 0.1) is 0 Å². The summed E-state index contributed by atoms with van der Waals surface area (Å²) in [5.41, 5.74) is 2.42. The molecular weight excluding hydrogens is 314 g/mol. The first-order valence-corrected chi connectivity index (χ1v) is 7.69. The first kappa shape index (κ1) is 15.1. The van der Waals surface area contributed by atoms with Crippen LogP contribution in [0.1, 0.15) is 31.0 Å². The van der Waals surface area contributed by atoms with Crippen molar-refractivity contribution in [2.45, 2.75) is 26.5 Å². The van der Waals surface area contributed by atoms with Gasteiger partial charge in [0.25, 0.3) is 0 Å². The standard InChI is InChI=1S/C17H20BrNO/c1-3-19-13(2)16-10-9-15(11-17(16)18)20-12-14-7-5-4-6-8-14/h4-11,13,19H,3,12H2,1-2H3. The minimum atomic E-state index is 0.331. The van der Waals surface area contributed by atoms with Gasteiger partial charge in [-0.15, -0.1) is 0 Å². The molecule has 2 aromatic carbocycles. The maximum atomic E-state index is 5.82. The Bertz CT molecular complexity index is 542. The molecule has 0 aliphatic carbocycles. The molecule has 0 amide bonds. The summed E-state index contributed by atoms with van der Waals surface area (Å²) < 4.78 is 6.90. The number of ether oxygens (including phenoxy) is 1. The van der Waals surface area contributed by atoms with Crippen LogP contribution in [0.2, 0.25) is 0 Å². The molecule has 1 N–H and O–H groups in total. The monoisotopic (exact) mass is 333 g/mol. The van der Waals surface area contributed by atoms with Gasteiger partial charge in [-0.1, -0.05) is 59.3 Å². The molecule has 106 valence electrons. The zero-order valence-electron chi connectivity index (χ0n) is 11.9. The summed E-state index contributed by atoms with van der Waals surface area (Å²) in [6, 6.07) is 16.7. The first-order chi connectivity index (χ1) is 9.70. The minimum Gasteiger partial charge on any atom is -0.489 e. The second-order valence-electron chi connectivity index (χ2n) is 4.74. The van der Waals surface area contributed by atoms with Crippen LogP contribution in [0, 0.1) is 0 Å². The molecule has 0 saturated carbocycles. The number of rotatable bonds is 6. The zero-order chi connectivity index (χ0) is 14.4. The third kappa shape index (κ3) is 4.09. The third-order valence-corrected chi connectivity index (χ3v) is 3.88. The molecule has 0 spiro atoms. The molecule has 0 radical (unpaired) electrons. The summed E-state index contributed by atoms with van der Waals surface area (Å²) >= 11 is 3.62. The maximum Gasteiger partial charge on any atom is 0.120 e.